The van der Waals surface area contributed by atoms with Crippen LogP contribution in [0.2, 0.25) is 0 Å². The van der Waals surface area contributed by atoms with Gasteiger partial charge in [0.2, 0.25) is 0 Å². The molecule has 0 aliphatic carbocycles. The van der Waals surface area contributed by atoms with E-state index >= 15 is 0 Å². The van der Waals surface area contributed by atoms with Crippen LogP contribution in [0, 0.1) is 17.0 Å². The second kappa shape index (κ2) is 4.81. The van der Waals surface area contributed by atoms with Gasteiger partial charge in [-0.05, 0) is 16.8 Å². The molecule has 0 radical (unpaired) electrons. The van der Waals surface area contributed by atoms with Crippen molar-refractivity contribution in [3.05, 3.63) is 21.7 Å². The molecule has 1 heterocycles. The van der Waals surface area contributed by atoms with Crippen molar-refractivity contribution < 1.29 is 31.2 Å². The Morgan fingerprint density at radius 1 is 1.47 bits per heavy atom. The molecule has 12 heteroatoms. The largest absolute Gasteiger partial charge is 0.573 e. The quantitative estimate of drug-likeness (QED) is 0.480. The first-order valence-corrected chi connectivity index (χ1v) is 6.59. The van der Waals surface area contributed by atoms with E-state index in [1.807, 2.05) is 0 Å². The van der Waals surface area contributed by atoms with E-state index in [4.69, 9.17) is 10.7 Å². The molecule has 0 saturated carbocycles. The number of alkyl halides is 3. The Morgan fingerprint density at radius 3 is 2.37 bits per heavy atom. The molecule has 1 aromatic rings. The maximum atomic E-state index is 12.1. The molecule has 0 fully saturated rings. The predicted molar refractivity (Wildman–Crippen MR) is 55.4 cm³/mol. The molecule has 1 rings (SSSR count). The van der Waals surface area contributed by atoms with Crippen molar-refractivity contribution in [1.29, 1.82) is 0 Å². The lowest BCUT2D eigenvalue weighted by molar-refractivity contribution is -0.390. The summed E-state index contributed by atoms with van der Waals surface area (Å²) in [5.74, 6) is -2.16. The highest BCUT2D eigenvalue weighted by atomic mass is 35.7. The molecule has 0 saturated heterocycles. The maximum Gasteiger partial charge on any atom is 0.573 e. The molecule has 1 aromatic heterocycles. The second-order valence-electron chi connectivity index (χ2n) is 3.15. The Kier molecular flexibility index (Phi) is 3.91. The zero-order valence-electron chi connectivity index (χ0n) is 8.93. The third-order valence-corrected chi connectivity index (χ3v) is 3.01. The van der Waals surface area contributed by atoms with Gasteiger partial charge in [0.05, 0.1) is 5.56 Å². The first-order chi connectivity index (χ1) is 8.42. The van der Waals surface area contributed by atoms with Crippen LogP contribution in [0.25, 0.3) is 0 Å². The highest BCUT2D eigenvalue weighted by Crippen LogP contribution is 2.33. The SMILES string of the molecule is Cc1c(OC(F)(F)F)cc(S(=O)(=O)Cl)nc1[N+](=O)[O-]. The predicted octanol–water partition coefficient (Wildman–Crippen LogP) is 2.12. The van der Waals surface area contributed by atoms with Crippen LogP contribution in [0.1, 0.15) is 5.56 Å². The van der Waals surface area contributed by atoms with Crippen molar-refractivity contribution in [3.8, 4) is 5.75 Å². The number of ether oxygens (including phenoxy) is 1. The first-order valence-electron chi connectivity index (χ1n) is 4.28. The van der Waals surface area contributed by atoms with Crippen molar-refractivity contribution in [3.63, 3.8) is 0 Å². The summed E-state index contributed by atoms with van der Waals surface area (Å²) in [4.78, 5) is 12.5. The Labute approximate surface area is 108 Å². The standard InChI is InChI=1S/C7H4ClF3N2O5S/c1-3-4(18-7(9,10)11)2-5(19(8,16)17)12-6(3)13(14)15/h2H,1H3. The third kappa shape index (κ3) is 3.92. The van der Waals surface area contributed by atoms with Gasteiger partial charge in [0.1, 0.15) is 5.75 Å². The van der Waals surface area contributed by atoms with Gasteiger partial charge in [-0.1, -0.05) is 0 Å². The van der Waals surface area contributed by atoms with Gasteiger partial charge in [0, 0.05) is 16.7 Å². The minimum absolute atomic E-state index is 0.359. The van der Waals surface area contributed by atoms with Crippen LogP contribution in [-0.2, 0) is 9.05 Å². The van der Waals surface area contributed by atoms with Gasteiger partial charge in [0.15, 0.2) is 0 Å². The topological polar surface area (TPSA) is 99.4 Å². The van der Waals surface area contributed by atoms with E-state index in [-0.39, 0.29) is 0 Å². The number of hydrogen-bond donors (Lipinski definition) is 0. The molecule has 19 heavy (non-hydrogen) atoms. The van der Waals surface area contributed by atoms with Gasteiger partial charge < -0.3 is 14.9 Å². The highest BCUT2D eigenvalue weighted by Gasteiger charge is 2.35. The average molecular weight is 321 g/mol. The molecular formula is C7H4ClF3N2O5S. The minimum Gasteiger partial charge on any atom is -0.405 e. The first kappa shape index (κ1) is 15.4. The zero-order valence-corrected chi connectivity index (χ0v) is 10.5. The van der Waals surface area contributed by atoms with Crippen molar-refractivity contribution >= 4 is 25.6 Å². The van der Waals surface area contributed by atoms with E-state index in [2.05, 4.69) is 9.72 Å². The molecule has 0 aliphatic rings. The molecule has 0 aliphatic heterocycles. The van der Waals surface area contributed by atoms with Crippen molar-refractivity contribution in [1.82, 2.24) is 4.98 Å². The number of halogens is 4. The monoisotopic (exact) mass is 320 g/mol. The van der Waals surface area contributed by atoms with Crippen LogP contribution in [0.5, 0.6) is 5.75 Å². The van der Waals surface area contributed by atoms with Gasteiger partial charge in [-0.2, -0.15) is 0 Å². The fourth-order valence-electron chi connectivity index (χ4n) is 1.08. The molecule has 0 aromatic carbocycles. The van der Waals surface area contributed by atoms with E-state index in [1.165, 1.54) is 0 Å². The van der Waals surface area contributed by atoms with Gasteiger partial charge in [0.25, 0.3) is 5.03 Å². The third-order valence-electron chi connectivity index (χ3n) is 1.82. The Balaban J connectivity index is 3.54. The van der Waals surface area contributed by atoms with Crippen molar-refractivity contribution in [2.24, 2.45) is 0 Å². The van der Waals surface area contributed by atoms with Gasteiger partial charge in [-0.25, -0.2) is 8.42 Å². The molecular weight excluding hydrogens is 317 g/mol. The number of nitro groups is 1. The molecule has 0 bridgehead atoms. The lowest BCUT2D eigenvalue weighted by atomic mass is 10.2. The number of pyridine rings is 1. The second-order valence-corrected chi connectivity index (χ2v) is 5.66. The van der Waals surface area contributed by atoms with Crippen molar-refractivity contribution in [2.45, 2.75) is 18.3 Å². The van der Waals surface area contributed by atoms with Gasteiger partial charge in [-0.15, -0.1) is 13.2 Å². The maximum absolute atomic E-state index is 12.1. The lowest BCUT2D eigenvalue weighted by Gasteiger charge is -2.11. The van der Waals surface area contributed by atoms with Crippen LogP contribution >= 0.6 is 10.7 Å². The zero-order chi connectivity index (χ0) is 15.0. The summed E-state index contributed by atoms with van der Waals surface area (Å²) in [6, 6.07) is 0.359. The van der Waals surface area contributed by atoms with Crippen LogP contribution in [0.4, 0.5) is 19.0 Å². The van der Waals surface area contributed by atoms with Gasteiger partial charge >= 0.3 is 21.2 Å². The molecule has 7 nitrogen and oxygen atoms in total. The normalized spacial score (nSPS) is 12.3. The van der Waals surface area contributed by atoms with Crippen LogP contribution in [-0.4, -0.2) is 24.7 Å². The summed E-state index contributed by atoms with van der Waals surface area (Å²) in [5, 5.41) is 9.48. The molecule has 0 unspecified atom stereocenters. The van der Waals surface area contributed by atoms with E-state index in [9.17, 15) is 31.7 Å². The summed E-state index contributed by atoms with van der Waals surface area (Å²) in [6.45, 7) is 0.927. The Hall–Kier alpha value is -1.62. The Morgan fingerprint density at radius 2 is 2.00 bits per heavy atom. The average Bonchev–Trinajstić information content (AvgIpc) is 2.16. The Bertz CT molecular complexity index is 630. The summed E-state index contributed by atoms with van der Waals surface area (Å²) in [7, 11) is 0.337. The van der Waals surface area contributed by atoms with E-state index in [0.29, 0.717) is 6.07 Å². The van der Waals surface area contributed by atoms with Crippen LogP contribution in [0.15, 0.2) is 11.1 Å². The molecule has 0 N–H and O–H groups in total. The molecule has 0 atom stereocenters. The summed E-state index contributed by atoms with van der Waals surface area (Å²) in [6.07, 6.45) is -5.15. The summed E-state index contributed by atoms with van der Waals surface area (Å²) < 4.78 is 61.7. The molecule has 0 spiro atoms. The number of nitrogens with zero attached hydrogens (tertiary/aromatic N) is 2. The highest BCUT2D eigenvalue weighted by molar-refractivity contribution is 8.13. The molecule has 0 amide bonds. The van der Waals surface area contributed by atoms with E-state index in [0.717, 1.165) is 6.92 Å². The van der Waals surface area contributed by atoms with Crippen LogP contribution < -0.4 is 4.74 Å². The lowest BCUT2D eigenvalue weighted by Crippen LogP contribution is -2.18. The van der Waals surface area contributed by atoms with Crippen molar-refractivity contribution in [2.75, 3.05) is 0 Å². The number of rotatable bonds is 3. The van der Waals surface area contributed by atoms with E-state index in [1.54, 1.807) is 0 Å². The molecule has 106 valence electrons. The van der Waals surface area contributed by atoms with E-state index < -0.39 is 42.5 Å². The fraction of sp³-hybridized carbons (Fsp3) is 0.286. The summed E-state index contributed by atoms with van der Waals surface area (Å²) >= 11 is 0. The number of aromatic nitrogens is 1. The van der Waals surface area contributed by atoms with Crippen LogP contribution in [0.3, 0.4) is 0 Å². The summed E-state index contributed by atoms with van der Waals surface area (Å²) in [5.41, 5.74) is -0.577. The smallest absolute Gasteiger partial charge is 0.405 e. The fourth-order valence-corrected chi connectivity index (χ4v) is 1.76. The minimum atomic E-state index is -5.15. The number of hydrogen-bond acceptors (Lipinski definition) is 6. The van der Waals surface area contributed by atoms with Gasteiger partial charge in [-0.3, -0.25) is 0 Å².